The molecule has 0 radical (unpaired) electrons. The first-order chi connectivity index (χ1) is 10.4. The highest BCUT2D eigenvalue weighted by Gasteiger charge is 2.08. The van der Waals surface area contributed by atoms with E-state index in [9.17, 15) is 9.59 Å². The normalized spacial score (nSPS) is 10.8. The number of carbonyl (C=O) groups excluding carboxylic acids is 2. The van der Waals surface area contributed by atoms with E-state index in [-0.39, 0.29) is 11.8 Å². The molecule has 1 rings (SSSR count). The fourth-order valence-corrected chi connectivity index (χ4v) is 2.07. The summed E-state index contributed by atoms with van der Waals surface area (Å²) in [7, 11) is 3.52. The van der Waals surface area contributed by atoms with Gasteiger partial charge in [0.15, 0.2) is 0 Å². The Morgan fingerprint density at radius 2 is 1.82 bits per heavy atom. The Bertz CT molecular complexity index is 483. The smallest absolute Gasteiger partial charge is 0.251 e. The van der Waals surface area contributed by atoms with Crippen molar-refractivity contribution < 1.29 is 9.59 Å². The second-order valence-electron chi connectivity index (χ2n) is 5.98. The van der Waals surface area contributed by atoms with Crippen molar-refractivity contribution in [3.05, 3.63) is 35.4 Å². The molecule has 0 aliphatic heterocycles. The van der Waals surface area contributed by atoms with Gasteiger partial charge in [-0.05, 0) is 37.1 Å². The largest absolute Gasteiger partial charge is 0.355 e. The summed E-state index contributed by atoms with van der Waals surface area (Å²) in [5, 5.41) is 5.52. The molecule has 0 aromatic heterocycles. The SMILES string of the molecule is CNC(=O)c1ccc(CN(C)CC(=O)NCCC(C)C)cc1. The summed E-state index contributed by atoms with van der Waals surface area (Å²) in [5.41, 5.74) is 1.71. The van der Waals surface area contributed by atoms with Gasteiger partial charge >= 0.3 is 0 Å². The predicted octanol–water partition coefficient (Wildman–Crippen LogP) is 1.64. The van der Waals surface area contributed by atoms with E-state index in [0.29, 0.717) is 24.6 Å². The van der Waals surface area contributed by atoms with Crippen molar-refractivity contribution >= 4 is 11.8 Å². The standard InChI is InChI=1S/C17H27N3O2/c1-13(2)9-10-19-16(21)12-20(4)11-14-5-7-15(8-6-14)17(22)18-3/h5-8,13H,9-12H2,1-4H3,(H,18,22)(H,19,21). The number of nitrogens with zero attached hydrogens (tertiary/aromatic N) is 1. The highest BCUT2D eigenvalue weighted by molar-refractivity contribution is 5.93. The van der Waals surface area contributed by atoms with E-state index in [1.54, 1.807) is 19.2 Å². The zero-order valence-electron chi connectivity index (χ0n) is 14.0. The molecule has 0 spiro atoms. The Morgan fingerprint density at radius 1 is 1.18 bits per heavy atom. The fraction of sp³-hybridized carbons (Fsp3) is 0.529. The number of rotatable bonds is 8. The van der Waals surface area contributed by atoms with Crippen molar-refractivity contribution in [1.82, 2.24) is 15.5 Å². The van der Waals surface area contributed by atoms with Gasteiger partial charge in [0, 0.05) is 25.7 Å². The summed E-state index contributed by atoms with van der Waals surface area (Å²) < 4.78 is 0. The van der Waals surface area contributed by atoms with Crippen molar-refractivity contribution in [2.45, 2.75) is 26.8 Å². The van der Waals surface area contributed by atoms with Crippen LogP contribution >= 0.6 is 0 Å². The molecule has 0 aliphatic rings. The van der Waals surface area contributed by atoms with Crippen LogP contribution < -0.4 is 10.6 Å². The summed E-state index contributed by atoms with van der Waals surface area (Å²) in [5.74, 6) is 0.548. The highest BCUT2D eigenvalue weighted by Crippen LogP contribution is 2.06. The van der Waals surface area contributed by atoms with Crippen LogP contribution in [0.5, 0.6) is 0 Å². The molecule has 22 heavy (non-hydrogen) atoms. The Balaban J connectivity index is 2.39. The van der Waals surface area contributed by atoms with Crippen LogP contribution in [0.4, 0.5) is 0 Å². The number of likely N-dealkylation sites (N-methyl/N-ethyl adjacent to an activating group) is 1. The lowest BCUT2D eigenvalue weighted by atomic mass is 10.1. The van der Waals surface area contributed by atoms with E-state index in [2.05, 4.69) is 24.5 Å². The molecular formula is C17H27N3O2. The number of amides is 2. The highest BCUT2D eigenvalue weighted by atomic mass is 16.2. The first-order valence-electron chi connectivity index (χ1n) is 7.68. The fourth-order valence-electron chi connectivity index (χ4n) is 2.07. The lowest BCUT2D eigenvalue weighted by molar-refractivity contribution is -0.122. The first-order valence-corrected chi connectivity index (χ1v) is 7.68. The Kier molecular flexibility index (Phi) is 7.60. The van der Waals surface area contributed by atoms with Crippen LogP contribution in [-0.2, 0) is 11.3 Å². The molecule has 0 bridgehead atoms. The average molecular weight is 305 g/mol. The summed E-state index contributed by atoms with van der Waals surface area (Å²) in [6.07, 6.45) is 0.996. The van der Waals surface area contributed by atoms with Crippen LogP contribution in [0.25, 0.3) is 0 Å². The summed E-state index contributed by atoms with van der Waals surface area (Å²) in [4.78, 5) is 25.2. The number of carbonyl (C=O) groups is 2. The zero-order valence-corrected chi connectivity index (χ0v) is 14.0. The van der Waals surface area contributed by atoms with Crippen molar-refractivity contribution in [3.8, 4) is 0 Å². The molecular weight excluding hydrogens is 278 g/mol. The average Bonchev–Trinajstić information content (AvgIpc) is 2.46. The van der Waals surface area contributed by atoms with E-state index in [4.69, 9.17) is 0 Å². The van der Waals surface area contributed by atoms with Gasteiger partial charge in [-0.15, -0.1) is 0 Å². The van der Waals surface area contributed by atoms with E-state index in [1.807, 2.05) is 24.1 Å². The zero-order chi connectivity index (χ0) is 16.5. The number of hydrogen-bond acceptors (Lipinski definition) is 3. The van der Waals surface area contributed by atoms with Crippen LogP contribution in [0.2, 0.25) is 0 Å². The van der Waals surface area contributed by atoms with Gasteiger partial charge in [-0.1, -0.05) is 26.0 Å². The molecule has 122 valence electrons. The van der Waals surface area contributed by atoms with Gasteiger partial charge in [0.25, 0.3) is 5.91 Å². The summed E-state index contributed by atoms with van der Waals surface area (Å²) in [6.45, 7) is 6.05. The molecule has 0 saturated heterocycles. The summed E-state index contributed by atoms with van der Waals surface area (Å²) >= 11 is 0. The molecule has 0 aliphatic carbocycles. The minimum absolute atomic E-state index is 0.0464. The third kappa shape index (κ3) is 6.72. The Labute approximate surface area is 133 Å². The quantitative estimate of drug-likeness (QED) is 0.767. The lowest BCUT2D eigenvalue weighted by Gasteiger charge is -2.17. The molecule has 1 aromatic rings. The molecule has 0 fully saturated rings. The van der Waals surface area contributed by atoms with E-state index in [0.717, 1.165) is 18.5 Å². The monoisotopic (exact) mass is 305 g/mol. The van der Waals surface area contributed by atoms with Crippen molar-refractivity contribution in [3.63, 3.8) is 0 Å². The number of benzene rings is 1. The Hall–Kier alpha value is -1.88. The Morgan fingerprint density at radius 3 is 2.36 bits per heavy atom. The number of hydrogen-bond donors (Lipinski definition) is 2. The van der Waals surface area contributed by atoms with Gasteiger partial charge in [-0.2, -0.15) is 0 Å². The second-order valence-corrected chi connectivity index (χ2v) is 5.98. The molecule has 5 heteroatoms. The maximum Gasteiger partial charge on any atom is 0.251 e. The minimum atomic E-state index is -0.0931. The van der Waals surface area contributed by atoms with Crippen LogP contribution in [0.15, 0.2) is 24.3 Å². The molecule has 1 aromatic carbocycles. The predicted molar refractivity (Wildman–Crippen MR) is 88.6 cm³/mol. The van der Waals surface area contributed by atoms with Crippen LogP contribution in [0.3, 0.4) is 0 Å². The van der Waals surface area contributed by atoms with Crippen molar-refractivity contribution in [1.29, 1.82) is 0 Å². The van der Waals surface area contributed by atoms with Gasteiger partial charge in [0.05, 0.1) is 6.54 Å². The molecule has 2 amide bonds. The van der Waals surface area contributed by atoms with Crippen LogP contribution in [0, 0.1) is 5.92 Å². The molecule has 0 atom stereocenters. The second kappa shape index (κ2) is 9.20. The molecule has 0 unspecified atom stereocenters. The molecule has 5 nitrogen and oxygen atoms in total. The van der Waals surface area contributed by atoms with Gasteiger partial charge in [0.1, 0.15) is 0 Å². The first kappa shape index (κ1) is 18.2. The topological polar surface area (TPSA) is 61.4 Å². The molecule has 2 N–H and O–H groups in total. The van der Waals surface area contributed by atoms with Gasteiger partial charge in [-0.25, -0.2) is 0 Å². The van der Waals surface area contributed by atoms with Gasteiger partial charge in [0.2, 0.25) is 5.91 Å². The number of nitrogens with one attached hydrogen (secondary N) is 2. The molecule has 0 saturated carbocycles. The third-order valence-corrected chi connectivity index (χ3v) is 3.35. The van der Waals surface area contributed by atoms with Gasteiger partial charge < -0.3 is 10.6 Å². The minimum Gasteiger partial charge on any atom is -0.355 e. The van der Waals surface area contributed by atoms with Crippen LogP contribution in [-0.4, -0.2) is 43.9 Å². The van der Waals surface area contributed by atoms with E-state index < -0.39 is 0 Å². The van der Waals surface area contributed by atoms with Gasteiger partial charge in [-0.3, -0.25) is 14.5 Å². The third-order valence-electron chi connectivity index (χ3n) is 3.35. The van der Waals surface area contributed by atoms with Crippen LogP contribution in [0.1, 0.15) is 36.2 Å². The maximum absolute atomic E-state index is 11.8. The maximum atomic E-state index is 11.8. The molecule has 0 heterocycles. The van der Waals surface area contributed by atoms with Crippen molar-refractivity contribution in [2.24, 2.45) is 5.92 Å². The van der Waals surface area contributed by atoms with E-state index in [1.165, 1.54) is 0 Å². The van der Waals surface area contributed by atoms with Crippen molar-refractivity contribution in [2.75, 3.05) is 27.2 Å². The van der Waals surface area contributed by atoms with E-state index >= 15 is 0 Å². The lowest BCUT2D eigenvalue weighted by Crippen LogP contribution is -2.35. The summed E-state index contributed by atoms with van der Waals surface area (Å²) in [6, 6.07) is 7.42.